The Morgan fingerprint density at radius 3 is 1.48 bits per heavy atom. The Hall–Kier alpha value is -1.44. The highest BCUT2D eigenvalue weighted by Gasteiger charge is 2.95. The van der Waals surface area contributed by atoms with Crippen LogP contribution in [0.1, 0.15) is 0 Å². The maximum absolute atomic E-state index is 13.5. The lowest BCUT2D eigenvalue weighted by atomic mass is 10.2. The van der Waals surface area contributed by atoms with Crippen LogP contribution in [0, 0.1) is 0 Å². The third kappa shape index (κ3) is 2.91. The van der Waals surface area contributed by atoms with Gasteiger partial charge in [0.25, 0.3) is 0 Å². The molecule has 0 atom stereocenters. The third-order valence-electron chi connectivity index (χ3n) is 2.80. The summed E-state index contributed by atoms with van der Waals surface area (Å²) in [6, 6.07) is -17.0. The number of halogens is 11. The summed E-state index contributed by atoms with van der Waals surface area (Å²) in [5.74, 6) is -18.9. The summed E-state index contributed by atoms with van der Waals surface area (Å²) in [5.41, 5.74) is 0. The number of carbonyl (C=O) groups excluding carboxylic acids is 1. The summed E-state index contributed by atoms with van der Waals surface area (Å²) in [6.45, 7) is 0. The Balaban J connectivity index is 3.60. The van der Waals surface area contributed by atoms with Crippen molar-refractivity contribution in [2.24, 2.45) is 0 Å². The van der Waals surface area contributed by atoms with Gasteiger partial charge in [0.15, 0.2) is 0 Å². The van der Waals surface area contributed by atoms with Crippen LogP contribution in [0.3, 0.4) is 0 Å². The second-order valence-corrected chi connectivity index (χ2v) is 7.88. The SMILES string of the molecule is O=C(N1C(F)(F)C(F)(F)C(F)(F)C1(F)F)C(F)(F)S(=O)(=O)OS(=O)(=O)CF. The quantitative estimate of drug-likeness (QED) is 0.447. The number of nitrogens with zero attached hydrogens (tertiary/aromatic N) is 1. The number of amides is 1. The van der Waals surface area contributed by atoms with Crippen molar-refractivity contribution in [3.63, 3.8) is 0 Å². The van der Waals surface area contributed by atoms with E-state index in [1.807, 2.05) is 0 Å². The Labute approximate surface area is 140 Å². The second kappa shape index (κ2) is 5.78. The van der Waals surface area contributed by atoms with E-state index >= 15 is 0 Å². The van der Waals surface area contributed by atoms with E-state index in [1.54, 1.807) is 0 Å². The molecule has 20 heteroatoms. The molecule has 1 rings (SSSR count). The van der Waals surface area contributed by atoms with E-state index in [9.17, 15) is 69.9 Å². The Morgan fingerprint density at radius 2 is 1.19 bits per heavy atom. The van der Waals surface area contributed by atoms with Crippen molar-refractivity contribution < 1.29 is 73.6 Å². The summed E-state index contributed by atoms with van der Waals surface area (Å²) in [5, 5.41) is -6.86. The molecular formula is C7H2F11NO6S2. The van der Waals surface area contributed by atoms with Crippen molar-refractivity contribution >= 4 is 26.1 Å². The molecule has 160 valence electrons. The molecule has 0 aromatic heterocycles. The van der Waals surface area contributed by atoms with Crippen LogP contribution in [0.2, 0.25) is 0 Å². The summed E-state index contributed by atoms with van der Waals surface area (Å²) >= 11 is 0. The average molecular weight is 469 g/mol. The Bertz CT molecular complexity index is 824. The highest BCUT2D eigenvalue weighted by molar-refractivity contribution is 8.00. The fourth-order valence-corrected chi connectivity index (χ4v) is 3.41. The van der Waals surface area contributed by atoms with Gasteiger partial charge in [-0.25, -0.2) is 9.29 Å². The van der Waals surface area contributed by atoms with Crippen LogP contribution >= 0.6 is 0 Å². The molecule has 1 heterocycles. The van der Waals surface area contributed by atoms with Gasteiger partial charge in [0.2, 0.25) is 6.01 Å². The summed E-state index contributed by atoms with van der Waals surface area (Å²) in [4.78, 5) is 7.68. The summed E-state index contributed by atoms with van der Waals surface area (Å²) in [7, 11) is -13.5. The maximum Gasteiger partial charge on any atom is 0.448 e. The van der Waals surface area contributed by atoms with Gasteiger partial charge >= 0.3 is 55.3 Å². The zero-order valence-electron chi connectivity index (χ0n) is 11.6. The van der Waals surface area contributed by atoms with Crippen molar-refractivity contribution in [1.82, 2.24) is 4.90 Å². The van der Waals surface area contributed by atoms with Gasteiger partial charge in [-0.1, -0.05) is 0 Å². The molecule has 0 aromatic rings. The third-order valence-corrected chi connectivity index (χ3v) is 5.42. The molecule has 0 aliphatic carbocycles. The molecule has 1 amide bonds. The molecule has 0 bridgehead atoms. The normalized spacial score (nSPS) is 24.0. The van der Waals surface area contributed by atoms with E-state index < -0.39 is 66.2 Å². The average Bonchev–Trinajstić information content (AvgIpc) is 2.50. The summed E-state index contributed by atoms with van der Waals surface area (Å²) < 4.78 is 188. The van der Waals surface area contributed by atoms with Crippen molar-refractivity contribution in [3.05, 3.63) is 0 Å². The van der Waals surface area contributed by atoms with E-state index in [-0.39, 0.29) is 0 Å². The molecule has 1 saturated heterocycles. The van der Waals surface area contributed by atoms with Crippen molar-refractivity contribution in [2.75, 3.05) is 6.01 Å². The standard InChI is InChI=1S/C7H2F11NO6S2/c8-1-26(21,22)25-27(23,24)3(9,10)2(20)19-6(15,16)4(11,12)5(13,14)7(19,17)18/h1H2. The van der Waals surface area contributed by atoms with Gasteiger partial charge in [0, 0.05) is 0 Å². The lowest BCUT2D eigenvalue weighted by Crippen LogP contribution is -2.60. The topological polar surface area (TPSA) is 97.8 Å². The highest BCUT2D eigenvalue weighted by atomic mass is 32.3. The van der Waals surface area contributed by atoms with Gasteiger partial charge in [-0.2, -0.15) is 60.7 Å². The maximum atomic E-state index is 13.5. The highest BCUT2D eigenvalue weighted by Crippen LogP contribution is 2.63. The van der Waals surface area contributed by atoms with E-state index in [0.29, 0.717) is 0 Å². The smallest absolute Gasteiger partial charge is 0.266 e. The number of carbonyl (C=O) groups is 1. The van der Waals surface area contributed by atoms with Gasteiger partial charge in [-0.15, -0.1) is 3.63 Å². The number of hydrogen-bond acceptors (Lipinski definition) is 6. The molecular weight excluding hydrogens is 467 g/mol. The first-order chi connectivity index (χ1) is 11.5. The number of likely N-dealkylation sites (tertiary alicyclic amines) is 1. The van der Waals surface area contributed by atoms with Gasteiger partial charge in [-0.05, 0) is 0 Å². The van der Waals surface area contributed by atoms with Gasteiger partial charge < -0.3 is 0 Å². The monoisotopic (exact) mass is 469 g/mol. The van der Waals surface area contributed by atoms with E-state index in [4.69, 9.17) is 0 Å². The molecule has 27 heavy (non-hydrogen) atoms. The van der Waals surface area contributed by atoms with Crippen LogP contribution in [0.15, 0.2) is 0 Å². The van der Waals surface area contributed by atoms with Crippen molar-refractivity contribution in [2.45, 2.75) is 29.2 Å². The molecule has 0 saturated carbocycles. The van der Waals surface area contributed by atoms with Crippen molar-refractivity contribution in [3.8, 4) is 0 Å². The lowest BCUT2D eigenvalue weighted by Gasteiger charge is -2.30. The van der Waals surface area contributed by atoms with Gasteiger partial charge in [0.1, 0.15) is 0 Å². The minimum absolute atomic E-state index is 2.47. The number of alkyl halides is 11. The first kappa shape index (κ1) is 23.6. The fraction of sp³-hybridized carbons (Fsp3) is 0.857. The predicted molar refractivity (Wildman–Crippen MR) is 56.5 cm³/mol. The zero-order valence-corrected chi connectivity index (χ0v) is 13.2. The van der Waals surface area contributed by atoms with Crippen LogP contribution < -0.4 is 0 Å². The van der Waals surface area contributed by atoms with Crippen LogP contribution in [0.4, 0.5) is 48.3 Å². The molecule has 0 radical (unpaired) electrons. The first-order valence-electron chi connectivity index (χ1n) is 5.52. The Kier molecular flexibility index (Phi) is 5.05. The Morgan fingerprint density at radius 1 is 0.852 bits per heavy atom. The molecule has 1 aliphatic heterocycles. The second-order valence-electron chi connectivity index (χ2n) is 4.58. The minimum Gasteiger partial charge on any atom is -0.266 e. The molecule has 1 fully saturated rings. The van der Waals surface area contributed by atoms with Crippen LogP contribution in [-0.2, 0) is 28.7 Å². The summed E-state index contributed by atoms with van der Waals surface area (Å²) in [6.07, 6.45) is 0. The van der Waals surface area contributed by atoms with Crippen LogP contribution in [-0.4, -0.2) is 62.8 Å². The van der Waals surface area contributed by atoms with Crippen LogP contribution in [0.25, 0.3) is 0 Å². The predicted octanol–water partition coefficient (Wildman–Crippen LogP) is 1.48. The molecule has 0 unspecified atom stereocenters. The first-order valence-corrected chi connectivity index (χ1v) is 8.51. The zero-order chi connectivity index (χ0) is 22.1. The largest absolute Gasteiger partial charge is 0.448 e. The van der Waals surface area contributed by atoms with Gasteiger partial charge in [-0.3, -0.25) is 4.79 Å². The van der Waals surface area contributed by atoms with E-state index in [0.717, 1.165) is 0 Å². The number of hydrogen-bond donors (Lipinski definition) is 0. The molecule has 0 spiro atoms. The van der Waals surface area contributed by atoms with Crippen LogP contribution in [0.5, 0.6) is 0 Å². The van der Waals surface area contributed by atoms with E-state index in [1.165, 1.54) is 0 Å². The lowest BCUT2D eigenvalue weighted by molar-refractivity contribution is -0.303. The van der Waals surface area contributed by atoms with Crippen molar-refractivity contribution in [1.29, 1.82) is 0 Å². The van der Waals surface area contributed by atoms with Gasteiger partial charge in [0.05, 0.1) is 0 Å². The fourth-order valence-electron chi connectivity index (χ4n) is 1.52. The number of rotatable bonds is 5. The molecule has 7 nitrogen and oxygen atoms in total. The van der Waals surface area contributed by atoms with E-state index in [2.05, 4.69) is 3.63 Å². The molecule has 1 aliphatic rings. The minimum atomic E-state index is -7.45. The molecule has 0 aromatic carbocycles. The molecule has 0 N–H and O–H groups in total.